The molecule has 5 nitrogen and oxygen atoms in total. The molecule has 0 bridgehead atoms. The summed E-state index contributed by atoms with van der Waals surface area (Å²) in [5.74, 6) is 0.505. The molecule has 0 atom stereocenters. The number of hydrogen-bond donors (Lipinski definition) is 2. The third kappa shape index (κ3) is 4.42. The highest BCUT2D eigenvalue weighted by Gasteiger charge is 2.21. The number of aliphatic imine (C=N–C) groups is 1. The quantitative estimate of drug-likeness (QED) is 0.735. The van der Waals surface area contributed by atoms with Crippen molar-refractivity contribution in [2.24, 2.45) is 10.7 Å². The third-order valence-corrected chi connectivity index (χ3v) is 4.76. The summed E-state index contributed by atoms with van der Waals surface area (Å²) in [5, 5.41) is 0. The van der Waals surface area contributed by atoms with Crippen LogP contribution in [0.15, 0.2) is 53.0 Å². The van der Waals surface area contributed by atoms with Crippen molar-refractivity contribution in [2.45, 2.75) is 33.1 Å². The molecule has 0 saturated heterocycles. The minimum Gasteiger partial charge on any atom is -0.399 e. The van der Waals surface area contributed by atoms with Crippen LogP contribution in [0.5, 0.6) is 0 Å². The Hall–Kier alpha value is -3.08. The summed E-state index contributed by atoms with van der Waals surface area (Å²) in [4.78, 5) is 19.5. The van der Waals surface area contributed by atoms with Crippen LogP contribution in [0.3, 0.4) is 0 Å². The SMILES string of the molecule is CCCN(CCC)C(=O)C1=Cc2ccc(-c3cccc(N)c3)cc2N=C(N)C1. The van der Waals surface area contributed by atoms with Gasteiger partial charge in [-0.1, -0.05) is 38.1 Å². The Bertz CT molecular complexity index is 924. The van der Waals surface area contributed by atoms with Gasteiger partial charge < -0.3 is 16.4 Å². The highest BCUT2D eigenvalue weighted by Crippen LogP contribution is 2.32. The fraction of sp³-hybridized carbons (Fsp3) is 0.304. The van der Waals surface area contributed by atoms with Crippen LogP contribution in [-0.2, 0) is 4.79 Å². The number of nitrogens with zero attached hydrogens (tertiary/aromatic N) is 2. The summed E-state index contributed by atoms with van der Waals surface area (Å²) < 4.78 is 0. The molecule has 1 aliphatic rings. The summed E-state index contributed by atoms with van der Waals surface area (Å²) in [5.41, 5.74) is 17.2. The van der Waals surface area contributed by atoms with Gasteiger partial charge in [-0.05, 0) is 48.2 Å². The van der Waals surface area contributed by atoms with Gasteiger partial charge in [-0.15, -0.1) is 0 Å². The van der Waals surface area contributed by atoms with Crippen LogP contribution in [0.2, 0.25) is 0 Å². The van der Waals surface area contributed by atoms with E-state index < -0.39 is 0 Å². The van der Waals surface area contributed by atoms with E-state index in [-0.39, 0.29) is 5.91 Å². The molecule has 4 N–H and O–H groups in total. The van der Waals surface area contributed by atoms with Crippen LogP contribution in [0.25, 0.3) is 17.2 Å². The van der Waals surface area contributed by atoms with Gasteiger partial charge in [0.25, 0.3) is 0 Å². The Morgan fingerprint density at radius 3 is 2.43 bits per heavy atom. The number of anilines is 1. The molecule has 0 aliphatic carbocycles. The summed E-state index contributed by atoms with van der Waals surface area (Å²) in [7, 11) is 0. The van der Waals surface area contributed by atoms with E-state index in [1.54, 1.807) is 0 Å². The number of benzene rings is 2. The molecule has 28 heavy (non-hydrogen) atoms. The molecule has 1 aliphatic heterocycles. The first kappa shape index (κ1) is 19.7. The minimum absolute atomic E-state index is 0.0506. The lowest BCUT2D eigenvalue weighted by Crippen LogP contribution is -2.34. The number of fused-ring (bicyclic) bond motifs is 1. The van der Waals surface area contributed by atoms with Gasteiger partial charge in [-0.2, -0.15) is 0 Å². The summed E-state index contributed by atoms with van der Waals surface area (Å²) >= 11 is 0. The van der Waals surface area contributed by atoms with Gasteiger partial charge in [-0.25, -0.2) is 4.99 Å². The Morgan fingerprint density at radius 1 is 1.04 bits per heavy atom. The lowest BCUT2D eigenvalue weighted by Gasteiger charge is -2.22. The normalized spacial score (nSPS) is 13.2. The van der Waals surface area contributed by atoms with Crippen LogP contribution in [-0.4, -0.2) is 29.7 Å². The number of carbonyl (C=O) groups excluding carboxylic acids is 1. The topological polar surface area (TPSA) is 84.7 Å². The smallest absolute Gasteiger partial charge is 0.250 e. The minimum atomic E-state index is 0.0506. The molecular formula is C23H28N4O. The fourth-order valence-corrected chi connectivity index (χ4v) is 3.48. The molecule has 2 aromatic rings. The molecular weight excluding hydrogens is 348 g/mol. The predicted molar refractivity (Wildman–Crippen MR) is 117 cm³/mol. The van der Waals surface area contributed by atoms with Crippen molar-refractivity contribution in [3.8, 4) is 11.1 Å². The van der Waals surface area contributed by atoms with Crippen molar-refractivity contribution >= 4 is 29.2 Å². The van der Waals surface area contributed by atoms with Gasteiger partial charge >= 0.3 is 0 Å². The average molecular weight is 377 g/mol. The molecule has 2 aromatic carbocycles. The molecule has 0 aromatic heterocycles. The number of carbonyl (C=O) groups is 1. The third-order valence-electron chi connectivity index (χ3n) is 4.76. The first-order chi connectivity index (χ1) is 13.5. The summed E-state index contributed by atoms with van der Waals surface area (Å²) in [6, 6.07) is 13.8. The lowest BCUT2D eigenvalue weighted by atomic mass is 10.0. The molecule has 0 unspecified atom stereocenters. The zero-order chi connectivity index (χ0) is 20.1. The highest BCUT2D eigenvalue weighted by molar-refractivity contribution is 6.05. The van der Waals surface area contributed by atoms with Crippen molar-refractivity contribution < 1.29 is 4.79 Å². The Labute approximate surface area is 166 Å². The predicted octanol–water partition coefficient (Wildman–Crippen LogP) is 4.36. The molecule has 0 spiro atoms. The van der Waals surface area contributed by atoms with Crippen LogP contribution in [0, 0.1) is 0 Å². The number of rotatable bonds is 6. The number of amides is 1. The maximum Gasteiger partial charge on any atom is 0.250 e. The van der Waals surface area contributed by atoms with E-state index in [2.05, 4.69) is 18.8 Å². The van der Waals surface area contributed by atoms with Crippen molar-refractivity contribution in [3.05, 3.63) is 53.6 Å². The largest absolute Gasteiger partial charge is 0.399 e. The number of nitrogens with two attached hydrogens (primary N) is 2. The molecule has 1 heterocycles. The van der Waals surface area contributed by atoms with E-state index in [9.17, 15) is 4.79 Å². The van der Waals surface area contributed by atoms with Crippen LogP contribution in [0.4, 0.5) is 11.4 Å². The Balaban J connectivity index is 1.97. The zero-order valence-corrected chi connectivity index (χ0v) is 16.6. The van der Waals surface area contributed by atoms with Gasteiger partial charge in [0.2, 0.25) is 5.91 Å². The van der Waals surface area contributed by atoms with Crippen molar-refractivity contribution in [1.29, 1.82) is 0 Å². The monoisotopic (exact) mass is 376 g/mol. The zero-order valence-electron chi connectivity index (χ0n) is 16.6. The maximum atomic E-state index is 13.0. The highest BCUT2D eigenvalue weighted by atomic mass is 16.2. The second-order valence-electron chi connectivity index (χ2n) is 7.14. The maximum absolute atomic E-state index is 13.0. The molecule has 0 radical (unpaired) electrons. The summed E-state index contributed by atoms with van der Waals surface area (Å²) in [6.45, 7) is 5.67. The molecule has 1 amide bonds. The van der Waals surface area contributed by atoms with E-state index in [0.29, 0.717) is 17.8 Å². The van der Waals surface area contributed by atoms with E-state index in [0.717, 1.165) is 54.0 Å². The van der Waals surface area contributed by atoms with E-state index in [4.69, 9.17) is 11.5 Å². The Morgan fingerprint density at radius 2 is 1.75 bits per heavy atom. The van der Waals surface area contributed by atoms with Gasteiger partial charge in [-0.3, -0.25) is 4.79 Å². The van der Waals surface area contributed by atoms with Gasteiger partial charge in [0.05, 0.1) is 5.69 Å². The second kappa shape index (κ2) is 8.74. The van der Waals surface area contributed by atoms with Crippen molar-refractivity contribution in [2.75, 3.05) is 18.8 Å². The van der Waals surface area contributed by atoms with Gasteiger partial charge in [0, 0.05) is 36.3 Å². The van der Waals surface area contributed by atoms with E-state index in [1.807, 2.05) is 53.4 Å². The van der Waals surface area contributed by atoms with Gasteiger partial charge in [0.1, 0.15) is 5.84 Å². The fourth-order valence-electron chi connectivity index (χ4n) is 3.48. The molecule has 0 fully saturated rings. The van der Waals surface area contributed by atoms with Crippen LogP contribution in [0.1, 0.15) is 38.7 Å². The molecule has 0 saturated carbocycles. The number of hydrogen-bond acceptors (Lipinski definition) is 4. The van der Waals surface area contributed by atoms with Crippen LogP contribution >= 0.6 is 0 Å². The number of nitrogen functional groups attached to an aromatic ring is 1. The van der Waals surface area contributed by atoms with E-state index >= 15 is 0 Å². The molecule has 3 rings (SSSR count). The van der Waals surface area contributed by atoms with E-state index in [1.165, 1.54) is 0 Å². The number of amidine groups is 1. The second-order valence-corrected chi connectivity index (χ2v) is 7.14. The first-order valence-electron chi connectivity index (χ1n) is 9.84. The average Bonchev–Trinajstić information content (AvgIpc) is 2.84. The van der Waals surface area contributed by atoms with Crippen LogP contribution < -0.4 is 11.5 Å². The van der Waals surface area contributed by atoms with Crippen molar-refractivity contribution in [3.63, 3.8) is 0 Å². The van der Waals surface area contributed by atoms with Gasteiger partial charge in [0.15, 0.2) is 0 Å². The standard InChI is InChI=1S/C23H28N4O/c1-3-10-27(11-4-2)23(28)19-12-18-9-8-17(14-21(18)26-22(25)15-19)16-6-5-7-20(24)13-16/h5-9,12-14H,3-4,10-11,15,24H2,1-2H3,(H2,25,26). The van der Waals surface area contributed by atoms with Crippen molar-refractivity contribution in [1.82, 2.24) is 4.90 Å². The molecule has 146 valence electrons. The first-order valence-corrected chi connectivity index (χ1v) is 9.84. The Kier molecular flexibility index (Phi) is 6.14. The summed E-state index contributed by atoms with van der Waals surface area (Å²) in [6.07, 6.45) is 4.17. The lowest BCUT2D eigenvalue weighted by molar-refractivity contribution is -0.127. The molecule has 5 heteroatoms.